The summed E-state index contributed by atoms with van der Waals surface area (Å²) < 4.78 is 0. The van der Waals surface area contributed by atoms with Gasteiger partial charge in [0.1, 0.15) is 0 Å². The highest BCUT2D eigenvalue weighted by Crippen LogP contribution is 2.36. The van der Waals surface area contributed by atoms with Gasteiger partial charge >= 0.3 is 5.97 Å². The number of carbonyl (C=O) groups is 1. The van der Waals surface area contributed by atoms with Gasteiger partial charge in [-0.15, -0.1) is 0 Å². The molecule has 2 rings (SSSR count). The second-order valence-electron chi connectivity index (χ2n) is 4.83. The average molecular weight is 268 g/mol. The molecule has 0 aromatic heterocycles. The second-order valence-corrected chi connectivity index (χ2v) is 5.27. The summed E-state index contributed by atoms with van der Waals surface area (Å²) in [6.07, 6.45) is 1.30. The summed E-state index contributed by atoms with van der Waals surface area (Å²) >= 11 is 5.98. The summed E-state index contributed by atoms with van der Waals surface area (Å²) in [7, 11) is 0. The summed E-state index contributed by atoms with van der Waals surface area (Å²) in [6, 6.07) is 7.27. The maximum Gasteiger partial charge on any atom is 0.314 e. The van der Waals surface area contributed by atoms with Crippen LogP contribution in [0.1, 0.15) is 25.3 Å². The Hall–Kier alpha value is -1.06. The Kier molecular flexibility index (Phi) is 3.93. The smallest absolute Gasteiger partial charge is 0.314 e. The van der Waals surface area contributed by atoms with E-state index in [1.54, 1.807) is 12.1 Å². The van der Waals surface area contributed by atoms with E-state index in [0.717, 1.165) is 25.2 Å². The molecule has 0 atom stereocenters. The molecule has 0 bridgehead atoms. The van der Waals surface area contributed by atoms with Crippen LogP contribution in [-0.2, 0) is 10.2 Å². The van der Waals surface area contributed by atoms with E-state index >= 15 is 0 Å². The molecule has 0 radical (unpaired) electrons. The van der Waals surface area contributed by atoms with Crippen LogP contribution in [0.5, 0.6) is 0 Å². The van der Waals surface area contributed by atoms with Crippen LogP contribution in [0.4, 0.5) is 0 Å². The first-order valence-electron chi connectivity index (χ1n) is 6.30. The zero-order chi connectivity index (χ0) is 13.2. The number of rotatable bonds is 3. The predicted octanol–water partition coefficient (Wildman–Crippen LogP) is 2.78. The zero-order valence-electron chi connectivity index (χ0n) is 10.5. The fourth-order valence-corrected chi connectivity index (χ4v) is 2.85. The maximum absolute atomic E-state index is 11.7. The van der Waals surface area contributed by atoms with Crippen molar-refractivity contribution in [3.8, 4) is 0 Å². The third kappa shape index (κ3) is 2.38. The van der Waals surface area contributed by atoms with Gasteiger partial charge < -0.3 is 10.0 Å². The van der Waals surface area contributed by atoms with Crippen molar-refractivity contribution in [2.45, 2.75) is 25.2 Å². The van der Waals surface area contributed by atoms with E-state index in [9.17, 15) is 9.90 Å². The molecule has 0 spiro atoms. The van der Waals surface area contributed by atoms with Crippen LogP contribution in [0.25, 0.3) is 0 Å². The first-order chi connectivity index (χ1) is 8.58. The number of hydrogen-bond acceptors (Lipinski definition) is 2. The van der Waals surface area contributed by atoms with Gasteiger partial charge in [0.2, 0.25) is 0 Å². The Bertz CT molecular complexity index is 439. The van der Waals surface area contributed by atoms with Crippen LogP contribution in [0.3, 0.4) is 0 Å². The summed E-state index contributed by atoms with van der Waals surface area (Å²) in [5, 5.41) is 10.2. The van der Waals surface area contributed by atoms with Crippen molar-refractivity contribution >= 4 is 17.6 Å². The number of piperidine rings is 1. The first-order valence-corrected chi connectivity index (χ1v) is 6.68. The molecule has 4 heteroatoms. The molecule has 0 amide bonds. The van der Waals surface area contributed by atoms with Crippen LogP contribution in [0.2, 0.25) is 5.02 Å². The van der Waals surface area contributed by atoms with Crippen LogP contribution >= 0.6 is 11.6 Å². The lowest BCUT2D eigenvalue weighted by Crippen LogP contribution is -2.47. The molecule has 1 saturated heterocycles. The highest BCUT2D eigenvalue weighted by molar-refractivity contribution is 6.30. The number of likely N-dealkylation sites (tertiary alicyclic amines) is 1. The number of hydrogen-bond donors (Lipinski definition) is 1. The molecule has 18 heavy (non-hydrogen) atoms. The fourth-order valence-electron chi connectivity index (χ4n) is 2.66. The van der Waals surface area contributed by atoms with Gasteiger partial charge in [-0.25, -0.2) is 0 Å². The van der Waals surface area contributed by atoms with Gasteiger partial charge in [-0.2, -0.15) is 0 Å². The zero-order valence-corrected chi connectivity index (χ0v) is 11.3. The quantitative estimate of drug-likeness (QED) is 0.916. The number of benzene rings is 1. The van der Waals surface area contributed by atoms with Crippen molar-refractivity contribution in [2.75, 3.05) is 19.6 Å². The first kappa shape index (κ1) is 13.4. The molecule has 1 N–H and O–H groups in total. The number of carboxylic acids is 1. The van der Waals surface area contributed by atoms with Crippen LogP contribution in [0, 0.1) is 0 Å². The molecule has 0 saturated carbocycles. The Balaban J connectivity index is 2.32. The monoisotopic (exact) mass is 267 g/mol. The molecular formula is C14H18ClNO2. The van der Waals surface area contributed by atoms with Crippen LogP contribution in [0.15, 0.2) is 24.3 Å². The Labute approximate surface area is 112 Å². The minimum absolute atomic E-state index is 0.603. The van der Waals surface area contributed by atoms with Crippen molar-refractivity contribution < 1.29 is 9.90 Å². The minimum atomic E-state index is -0.767. The van der Waals surface area contributed by atoms with E-state index in [-0.39, 0.29) is 0 Å². The number of carboxylic acid groups (broad SMARTS) is 1. The van der Waals surface area contributed by atoms with E-state index < -0.39 is 11.4 Å². The van der Waals surface area contributed by atoms with Crippen molar-refractivity contribution in [2.24, 2.45) is 0 Å². The van der Waals surface area contributed by atoms with Crippen LogP contribution in [-0.4, -0.2) is 35.6 Å². The van der Waals surface area contributed by atoms with E-state index in [1.165, 1.54) is 0 Å². The van der Waals surface area contributed by atoms with Gasteiger partial charge in [0.25, 0.3) is 0 Å². The summed E-state index contributed by atoms with van der Waals surface area (Å²) in [6.45, 7) is 4.74. The van der Waals surface area contributed by atoms with Crippen LogP contribution < -0.4 is 0 Å². The van der Waals surface area contributed by atoms with Gasteiger partial charge in [0, 0.05) is 5.02 Å². The topological polar surface area (TPSA) is 40.5 Å². The van der Waals surface area contributed by atoms with Gasteiger partial charge in [-0.3, -0.25) is 4.79 Å². The molecule has 1 fully saturated rings. The normalized spacial score (nSPS) is 19.7. The molecule has 3 nitrogen and oxygen atoms in total. The van der Waals surface area contributed by atoms with Gasteiger partial charge in [-0.05, 0) is 50.2 Å². The summed E-state index contributed by atoms with van der Waals surface area (Å²) in [5.41, 5.74) is 0.0644. The SMILES string of the molecule is CCN1CCC(C(=O)O)(c2cccc(Cl)c2)CC1. The van der Waals surface area contributed by atoms with Gasteiger partial charge in [-0.1, -0.05) is 30.7 Å². The third-order valence-corrected chi connectivity index (χ3v) is 4.18. The van der Waals surface area contributed by atoms with Crippen molar-refractivity contribution in [3.63, 3.8) is 0 Å². The average Bonchev–Trinajstić information content (AvgIpc) is 2.38. The third-order valence-electron chi connectivity index (χ3n) is 3.94. The molecule has 0 unspecified atom stereocenters. The predicted molar refractivity (Wildman–Crippen MR) is 72.1 cm³/mol. The van der Waals surface area contributed by atoms with Crippen molar-refractivity contribution in [3.05, 3.63) is 34.9 Å². The lowest BCUT2D eigenvalue weighted by atomic mass is 9.73. The lowest BCUT2D eigenvalue weighted by molar-refractivity contribution is -0.146. The molecule has 1 aliphatic heterocycles. The molecular weight excluding hydrogens is 250 g/mol. The van der Waals surface area contributed by atoms with E-state index in [4.69, 9.17) is 11.6 Å². The summed E-state index contributed by atoms with van der Waals surface area (Å²) in [5.74, 6) is -0.736. The lowest BCUT2D eigenvalue weighted by Gasteiger charge is -2.38. The van der Waals surface area contributed by atoms with E-state index in [0.29, 0.717) is 17.9 Å². The molecule has 1 heterocycles. The van der Waals surface area contributed by atoms with Crippen molar-refractivity contribution in [1.29, 1.82) is 0 Å². The molecule has 1 aromatic rings. The Morgan fingerprint density at radius 2 is 2.11 bits per heavy atom. The fraction of sp³-hybridized carbons (Fsp3) is 0.500. The summed E-state index contributed by atoms with van der Waals surface area (Å²) in [4.78, 5) is 14.0. The molecule has 1 aliphatic rings. The largest absolute Gasteiger partial charge is 0.481 e. The molecule has 98 valence electrons. The molecule has 1 aromatic carbocycles. The highest BCUT2D eigenvalue weighted by Gasteiger charge is 2.42. The molecule has 0 aliphatic carbocycles. The van der Waals surface area contributed by atoms with Gasteiger partial charge in [0.15, 0.2) is 0 Å². The minimum Gasteiger partial charge on any atom is -0.481 e. The number of aliphatic carboxylic acids is 1. The number of halogens is 1. The van der Waals surface area contributed by atoms with E-state index in [1.807, 2.05) is 12.1 Å². The van der Waals surface area contributed by atoms with Gasteiger partial charge in [0.05, 0.1) is 5.41 Å². The van der Waals surface area contributed by atoms with Crippen molar-refractivity contribution in [1.82, 2.24) is 4.90 Å². The second kappa shape index (κ2) is 5.29. The van der Waals surface area contributed by atoms with E-state index in [2.05, 4.69) is 11.8 Å². The Morgan fingerprint density at radius 3 is 2.61 bits per heavy atom. The standard InChI is InChI=1S/C14H18ClNO2/c1-2-16-8-6-14(7-9-16,13(17)18)11-4-3-5-12(15)10-11/h3-5,10H,2,6-9H2,1H3,(H,17,18). The maximum atomic E-state index is 11.7. The Morgan fingerprint density at radius 1 is 1.44 bits per heavy atom. The highest BCUT2D eigenvalue weighted by atomic mass is 35.5. The number of nitrogens with zero attached hydrogens (tertiary/aromatic N) is 1.